The van der Waals surface area contributed by atoms with Crippen molar-refractivity contribution in [3.8, 4) is 6.07 Å². The number of amides is 2. The van der Waals surface area contributed by atoms with Gasteiger partial charge in [0.1, 0.15) is 6.04 Å². The van der Waals surface area contributed by atoms with Crippen molar-refractivity contribution in [2.75, 3.05) is 4.90 Å². The summed E-state index contributed by atoms with van der Waals surface area (Å²) in [5, 5.41) is 21.0. The minimum atomic E-state index is -1.12. The lowest BCUT2D eigenvalue weighted by molar-refractivity contribution is -0.384. The quantitative estimate of drug-likeness (QED) is 0.265. The van der Waals surface area contributed by atoms with Gasteiger partial charge in [-0.25, -0.2) is 4.90 Å². The van der Waals surface area contributed by atoms with Crippen LogP contribution in [0.1, 0.15) is 10.4 Å². The number of hydrogen-bond donors (Lipinski definition) is 0. The maximum absolute atomic E-state index is 13.7. The zero-order valence-electron chi connectivity index (χ0n) is 17.7. The monoisotopic (exact) mass is 508 g/mol. The van der Waals surface area contributed by atoms with E-state index in [0.717, 1.165) is 11.0 Å². The number of nitro groups is 1. The molecule has 2 saturated heterocycles. The first-order valence-corrected chi connectivity index (χ1v) is 11.2. The number of hydrogen-bond acceptors (Lipinski definition) is 7. The van der Waals surface area contributed by atoms with Gasteiger partial charge in [-0.05, 0) is 30.4 Å². The average molecular weight is 509 g/mol. The van der Waals surface area contributed by atoms with Crippen LogP contribution in [-0.2, 0) is 9.59 Å². The zero-order chi connectivity index (χ0) is 25.0. The number of non-ortho nitro benzene ring substituents is 1. The topological polar surface area (TPSA) is 125 Å². The molecule has 2 aromatic carbocycles. The van der Waals surface area contributed by atoms with Crippen LogP contribution in [0.2, 0.25) is 10.0 Å². The number of fused-ring (bicyclic) bond motifs is 3. The van der Waals surface area contributed by atoms with Crippen LogP contribution in [0.5, 0.6) is 0 Å². The molecule has 174 valence electrons. The van der Waals surface area contributed by atoms with Gasteiger partial charge in [-0.3, -0.25) is 24.5 Å². The fraction of sp³-hybridized carbons (Fsp3) is 0.167. The Balaban J connectivity index is 1.62. The lowest BCUT2D eigenvalue weighted by atomic mass is 9.86. The van der Waals surface area contributed by atoms with E-state index in [-0.39, 0.29) is 27.5 Å². The van der Waals surface area contributed by atoms with Crippen LogP contribution in [0.25, 0.3) is 0 Å². The van der Waals surface area contributed by atoms with E-state index in [4.69, 9.17) is 23.2 Å². The second kappa shape index (κ2) is 8.34. The molecule has 3 heterocycles. The number of carbonyl (C=O) groups is 3. The average Bonchev–Trinajstić information content (AvgIpc) is 3.31. The van der Waals surface area contributed by atoms with Crippen LogP contribution in [0.4, 0.5) is 11.4 Å². The number of ketones is 1. The van der Waals surface area contributed by atoms with Crippen molar-refractivity contribution in [2.45, 2.75) is 12.1 Å². The largest absolute Gasteiger partial charge is 0.359 e. The summed E-state index contributed by atoms with van der Waals surface area (Å²) in [6, 6.07) is 9.73. The molecule has 9 nitrogen and oxygen atoms in total. The van der Waals surface area contributed by atoms with Crippen molar-refractivity contribution in [3.05, 3.63) is 92.1 Å². The normalized spacial score (nSPS) is 24.7. The highest BCUT2D eigenvalue weighted by Crippen LogP contribution is 2.48. The molecule has 3 aliphatic rings. The Labute approximate surface area is 208 Å². The van der Waals surface area contributed by atoms with Gasteiger partial charge in [0, 0.05) is 28.9 Å². The van der Waals surface area contributed by atoms with Crippen molar-refractivity contribution in [1.82, 2.24) is 4.90 Å². The Morgan fingerprint density at radius 3 is 2.51 bits per heavy atom. The molecule has 0 aromatic heterocycles. The van der Waals surface area contributed by atoms with Gasteiger partial charge in [-0.15, -0.1) is 0 Å². The van der Waals surface area contributed by atoms with E-state index in [9.17, 15) is 29.8 Å². The summed E-state index contributed by atoms with van der Waals surface area (Å²) in [5.74, 6) is -3.78. The number of nitriles is 1. The molecule has 0 bridgehead atoms. The number of allylic oxidation sites excluding steroid dienone is 2. The Hall–Kier alpha value is -4.00. The predicted molar refractivity (Wildman–Crippen MR) is 126 cm³/mol. The van der Waals surface area contributed by atoms with Crippen LogP contribution < -0.4 is 4.90 Å². The molecular formula is C24H14Cl2N4O5. The fourth-order valence-electron chi connectivity index (χ4n) is 4.96. The van der Waals surface area contributed by atoms with Crippen molar-refractivity contribution in [2.24, 2.45) is 11.8 Å². The number of anilines is 1. The molecular weight excluding hydrogens is 495 g/mol. The summed E-state index contributed by atoms with van der Waals surface area (Å²) in [4.78, 5) is 54.1. The number of nitrogens with zero attached hydrogens (tertiary/aromatic N) is 4. The maximum Gasteiger partial charge on any atom is 0.270 e. The molecule has 0 spiro atoms. The first-order chi connectivity index (χ1) is 16.7. The third-order valence-corrected chi connectivity index (χ3v) is 6.98. The van der Waals surface area contributed by atoms with Crippen LogP contribution in [0.15, 0.2) is 66.4 Å². The number of Topliss-reactive ketones (excluding diaryl/α,β-unsaturated/α-hetero) is 1. The summed E-state index contributed by atoms with van der Waals surface area (Å²) >= 11 is 12.2. The molecule has 5 rings (SSSR count). The summed E-state index contributed by atoms with van der Waals surface area (Å²) in [7, 11) is 0. The molecule has 11 heteroatoms. The fourth-order valence-corrected chi connectivity index (χ4v) is 5.46. The molecule has 35 heavy (non-hydrogen) atoms. The highest BCUT2D eigenvalue weighted by atomic mass is 35.5. The predicted octanol–water partition coefficient (Wildman–Crippen LogP) is 3.92. The molecule has 4 atom stereocenters. The minimum Gasteiger partial charge on any atom is -0.359 e. The van der Waals surface area contributed by atoms with Gasteiger partial charge < -0.3 is 4.90 Å². The number of imide groups is 1. The SMILES string of the molecule is N#CC1=C[C@@H]2[C@@H]3C(=O)N(c4ccc(Cl)cc4Cl)C(=O)[C@@H]3[C@H](C(=O)c3cccc([N+](=O)[O-])c3)N2C=C1. The van der Waals surface area contributed by atoms with Crippen LogP contribution in [0, 0.1) is 33.3 Å². The number of halogens is 2. The van der Waals surface area contributed by atoms with E-state index >= 15 is 0 Å². The van der Waals surface area contributed by atoms with E-state index in [1.54, 1.807) is 11.0 Å². The molecule has 3 aliphatic heterocycles. The van der Waals surface area contributed by atoms with Gasteiger partial charge in [0.2, 0.25) is 11.8 Å². The number of benzene rings is 2. The highest BCUT2D eigenvalue weighted by Gasteiger charge is 2.63. The van der Waals surface area contributed by atoms with Gasteiger partial charge in [0.15, 0.2) is 5.78 Å². The van der Waals surface area contributed by atoms with Gasteiger partial charge in [0.25, 0.3) is 5.69 Å². The number of carbonyl (C=O) groups excluding carboxylic acids is 3. The first-order valence-electron chi connectivity index (χ1n) is 10.4. The molecule has 0 radical (unpaired) electrons. The first kappa shape index (κ1) is 22.8. The molecule has 0 saturated carbocycles. The van der Waals surface area contributed by atoms with E-state index in [1.807, 2.05) is 6.07 Å². The third kappa shape index (κ3) is 3.50. The lowest BCUT2D eigenvalue weighted by Gasteiger charge is -2.32. The Morgan fingerprint density at radius 1 is 1.09 bits per heavy atom. The van der Waals surface area contributed by atoms with E-state index in [2.05, 4.69) is 0 Å². The van der Waals surface area contributed by atoms with Crippen molar-refractivity contribution < 1.29 is 19.3 Å². The summed E-state index contributed by atoms with van der Waals surface area (Å²) < 4.78 is 0. The summed E-state index contributed by atoms with van der Waals surface area (Å²) in [5.41, 5.74) is 0.197. The second-order valence-electron chi connectivity index (χ2n) is 8.26. The van der Waals surface area contributed by atoms with E-state index < -0.39 is 46.4 Å². The highest BCUT2D eigenvalue weighted by molar-refractivity contribution is 6.38. The number of rotatable bonds is 4. The van der Waals surface area contributed by atoms with Crippen LogP contribution in [0.3, 0.4) is 0 Å². The lowest BCUT2D eigenvalue weighted by Crippen LogP contribution is -2.46. The maximum atomic E-state index is 13.7. The smallest absolute Gasteiger partial charge is 0.270 e. The minimum absolute atomic E-state index is 0.0373. The van der Waals surface area contributed by atoms with E-state index in [1.165, 1.54) is 48.7 Å². The zero-order valence-corrected chi connectivity index (χ0v) is 19.2. The second-order valence-corrected chi connectivity index (χ2v) is 9.11. The van der Waals surface area contributed by atoms with Crippen molar-refractivity contribution in [1.29, 1.82) is 5.26 Å². The number of nitro benzene ring substituents is 1. The molecule has 0 aliphatic carbocycles. The molecule has 2 aromatic rings. The summed E-state index contributed by atoms with van der Waals surface area (Å²) in [6.07, 6.45) is 4.56. The summed E-state index contributed by atoms with van der Waals surface area (Å²) in [6.45, 7) is 0. The van der Waals surface area contributed by atoms with Gasteiger partial charge in [0.05, 0.1) is 45.2 Å². The Morgan fingerprint density at radius 2 is 1.83 bits per heavy atom. The molecule has 2 fully saturated rings. The van der Waals surface area contributed by atoms with Gasteiger partial charge >= 0.3 is 0 Å². The van der Waals surface area contributed by atoms with Crippen molar-refractivity contribution >= 4 is 52.2 Å². The Bertz CT molecular complexity index is 1430. The van der Waals surface area contributed by atoms with Crippen LogP contribution in [-0.4, -0.2) is 39.5 Å². The van der Waals surface area contributed by atoms with Crippen LogP contribution >= 0.6 is 23.2 Å². The Kier molecular flexibility index (Phi) is 5.43. The third-order valence-electron chi connectivity index (χ3n) is 6.44. The standard InChI is InChI=1S/C24H14Cl2N4O5/c25-14-4-5-17(16(26)10-14)29-23(32)19-18-8-12(11-27)6-7-28(18)21(20(19)24(29)33)22(31)13-2-1-3-15(9-13)30(34)35/h1-10,18-21H/t18-,19+,20+,21-/m1/s1. The molecule has 0 unspecified atom stereocenters. The van der Waals surface area contributed by atoms with Gasteiger partial charge in [-0.2, -0.15) is 5.26 Å². The van der Waals surface area contributed by atoms with E-state index in [0.29, 0.717) is 5.02 Å². The van der Waals surface area contributed by atoms with Gasteiger partial charge in [-0.1, -0.05) is 35.3 Å². The molecule has 2 amide bonds. The molecule has 0 N–H and O–H groups in total. The van der Waals surface area contributed by atoms with Crippen molar-refractivity contribution in [3.63, 3.8) is 0 Å².